The first-order valence-electron chi connectivity index (χ1n) is 10.3. The SMILES string of the molecule is Cc1ccc2nc(-c3cnn(C(C)C)c3)cc(C(=O)N3CCCCCC3)c2c1. The smallest absolute Gasteiger partial charge is 0.254 e. The molecule has 3 heterocycles. The van der Waals surface area contributed by atoms with Crippen LogP contribution in [0, 0.1) is 6.92 Å². The number of hydrogen-bond acceptors (Lipinski definition) is 3. The van der Waals surface area contributed by atoms with Crippen molar-refractivity contribution in [3.63, 3.8) is 0 Å². The van der Waals surface area contributed by atoms with Gasteiger partial charge in [0.25, 0.3) is 5.91 Å². The Kier molecular flexibility index (Phi) is 5.16. The number of carbonyl (C=O) groups is 1. The van der Waals surface area contributed by atoms with Crippen LogP contribution >= 0.6 is 0 Å². The second-order valence-electron chi connectivity index (χ2n) is 8.08. The molecule has 0 radical (unpaired) electrons. The lowest BCUT2D eigenvalue weighted by Crippen LogP contribution is -2.32. The largest absolute Gasteiger partial charge is 0.339 e. The van der Waals surface area contributed by atoms with E-state index in [1.165, 1.54) is 12.8 Å². The highest BCUT2D eigenvalue weighted by Crippen LogP contribution is 2.27. The molecular formula is C23H28N4O. The zero-order valence-corrected chi connectivity index (χ0v) is 17.0. The Labute approximate surface area is 166 Å². The van der Waals surface area contributed by atoms with E-state index in [-0.39, 0.29) is 11.9 Å². The first-order valence-corrected chi connectivity index (χ1v) is 10.3. The number of aryl methyl sites for hydroxylation is 1. The van der Waals surface area contributed by atoms with Crippen LogP contribution in [-0.4, -0.2) is 38.7 Å². The summed E-state index contributed by atoms with van der Waals surface area (Å²) in [6.07, 6.45) is 8.43. The van der Waals surface area contributed by atoms with E-state index in [4.69, 9.17) is 4.98 Å². The molecule has 0 atom stereocenters. The predicted octanol–water partition coefficient (Wildman–Crippen LogP) is 5.00. The van der Waals surface area contributed by atoms with Crippen LogP contribution in [0.15, 0.2) is 36.7 Å². The molecule has 0 N–H and O–H groups in total. The minimum Gasteiger partial charge on any atom is -0.339 e. The van der Waals surface area contributed by atoms with Crippen molar-refractivity contribution in [3.05, 3.63) is 47.8 Å². The highest BCUT2D eigenvalue weighted by molar-refractivity contribution is 6.07. The van der Waals surface area contributed by atoms with Crippen molar-refractivity contribution in [2.24, 2.45) is 0 Å². The van der Waals surface area contributed by atoms with Gasteiger partial charge in [0.1, 0.15) is 0 Å². The summed E-state index contributed by atoms with van der Waals surface area (Å²) < 4.78 is 1.92. The molecule has 1 aliphatic heterocycles. The number of benzene rings is 1. The quantitative estimate of drug-likeness (QED) is 0.646. The minimum atomic E-state index is 0.123. The number of hydrogen-bond donors (Lipinski definition) is 0. The molecule has 28 heavy (non-hydrogen) atoms. The number of aromatic nitrogens is 3. The molecule has 5 heteroatoms. The molecule has 146 valence electrons. The van der Waals surface area contributed by atoms with Gasteiger partial charge in [-0.3, -0.25) is 9.48 Å². The molecule has 1 aromatic carbocycles. The maximum atomic E-state index is 13.5. The van der Waals surface area contributed by atoms with Crippen molar-refractivity contribution in [3.8, 4) is 11.3 Å². The van der Waals surface area contributed by atoms with Crippen LogP contribution in [0.3, 0.4) is 0 Å². The molecule has 1 fully saturated rings. The van der Waals surface area contributed by atoms with Gasteiger partial charge >= 0.3 is 0 Å². The Morgan fingerprint density at radius 2 is 1.82 bits per heavy atom. The lowest BCUT2D eigenvalue weighted by atomic mass is 10.0. The summed E-state index contributed by atoms with van der Waals surface area (Å²) in [5, 5.41) is 5.38. The molecule has 1 saturated heterocycles. The molecule has 2 aromatic heterocycles. The van der Waals surface area contributed by atoms with E-state index in [0.717, 1.165) is 59.2 Å². The predicted molar refractivity (Wildman–Crippen MR) is 112 cm³/mol. The van der Waals surface area contributed by atoms with E-state index >= 15 is 0 Å². The molecule has 0 aliphatic carbocycles. The first-order chi connectivity index (χ1) is 13.5. The van der Waals surface area contributed by atoms with E-state index in [0.29, 0.717) is 0 Å². The first kappa shape index (κ1) is 18.7. The third-order valence-electron chi connectivity index (χ3n) is 5.51. The molecule has 0 unspecified atom stereocenters. The molecule has 4 rings (SSSR count). The molecule has 5 nitrogen and oxygen atoms in total. The third-order valence-corrected chi connectivity index (χ3v) is 5.51. The zero-order valence-electron chi connectivity index (χ0n) is 17.0. The van der Waals surface area contributed by atoms with Crippen molar-refractivity contribution < 1.29 is 4.79 Å². The van der Waals surface area contributed by atoms with Crippen molar-refractivity contribution >= 4 is 16.8 Å². The molecule has 1 aliphatic rings. The highest BCUT2D eigenvalue weighted by atomic mass is 16.2. The average molecular weight is 377 g/mol. The van der Waals surface area contributed by atoms with Gasteiger partial charge in [0.2, 0.25) is 0 Å². The Bertz CT molecular complexity index is 997. The number of pyridine rings is 1. The van der Waals surface area contributed by atoms with Gasteiger partial charge in [-0.1, -0.05) is 24.5 Å². The molecule has 3 aromatic rings. The van der Waals surface area contributed by atoms with Gasteiger partial charge in [-0.2, -0.15) is 5.10 Å². The molecule has 0 spiro atoms. The van der Waals surface area contributed by atoms with Crippen LogP contribution in [0.5, 0.6) is 0 Å². The molecule has 0 saturated carbocycles. The highest BCUT2D eigenvalue weighted by Gasteiger charge is 2.21. The third kappa shape index (κ3) is 3.66. The van der Waals surface area contributed by atoms with Gasteiger partial charge in [0.15, 0.2) is 0 Å². The van der Waals surface area contributed by atoms with Crippen LogP contribution in [0.25, 0.3) is 22.2 Å². The number of amides is 1. The van der Waals surface area contributed by atoms with Crippen molar-refractivity contribution in [2.75, 3.05) is 13.1 Å². The summed E-state index contributed by atoms with van der Waals surface area (Å²) in [4.78, 5) is 20.3. The van der Waals surface area contributed by atoms with Gasteiger partial charge < -0.3 is 4.90 Å². The molecular weight excluding hydrogens is 348 g/mol. The number of carbonyl (C=O) groups excluding carboxylic acids is 1. The van der Waals surface area contributed by atoms with E-state index in [2.05, 4.69) is 38.0 Å². The average Bonchev–Trinajstić information content (AvgIpc) is 3.03. The number of nitrogens with zero attached hydrogens (tertiary/aromatic N) is 4. The lowest BCUT2D eigenvalue weighted by molar-refractivity contribution is 0.0763. The zero-order chi connectivity index (χ0) is 19.7. The normalized spacial score (nSPS) is 15.2. The maximum absolute atomic E-state index is 13.5. The fourth-order valence-corrected chi connectivity index (χ4v) is 3.86. The van der Waals surface area contributed by atoms with Crippen LogP contribution in [0.2, 0.25) is 0 Å². The Hall–Kier alpha value is -2.69. The molecule has 1 amide bonds. The van der Waals surface area contributed by atoms with Crippen molar-refractivity contribution in [1.82, 2.24) is 19.7 Å². The summed E-state index contributed by atoms with van der Waals surface area (Å²) >= 11 is 0. The summed E-state index contributed by atoms with van der Waals surface area (Å²) in [5.41, 5.74) is 4.50. The second-order valence-corrected chi connectivity index (χ2v) is 8.08. The maximum Gasteiger partial charge on any atom is 0.254 e. The van der Waals surface area contributed by atoms with E-state index in [1.807, 2.05) is 34.1 Å². The van der Waals surface area contributed by atoms with Gasteiger partial charge in [0, 0.05) is 36.3 Å². The van der Waals surface area contributed by atoms with Gasteiger partial charge in [-0.05, 0) is 51.8 Å². The van der Waals surface area contributed by atoms with Crippen molar-refractivity contribution in [2.45, 2.75) is 52.5 Å². The fraction of sp³-hybridized carbons (Fsp3) is 0.435. The van der Waals surface area contributed by atoms with Crippen LogP contribution < -0.4 is 0 Å². The van der Waals surface area contributed by atoms with Crippen LogP contribution in [0.1, 0.15) is 61.5 Å². The topological polar surface area (TPSA) is 51.0 Å². The summed E-state index contributed by atoms with van der Waals surface area (Å²) in [7, 11) is 0. The van der Waals surface area contributed by atoms with Crippen LogP contribution in [0.4, 0.5) is 0 Å². The number of likely N-dealkylation sites (tertiary alicyclic amines) is 1. The van der Waals surface area contributed by atoms with Gasteiger partial charge in [-0.25, -0.2) is 4.98 Å². The van der Waals surface area contributed by atoms with E-state index < -0.39 is 0 Å². The Balaban J connectivity index is 1.82. The van der Waals surface area contributed by atoms with Gasteiger partial charge in [-0.15, -0.1) is 0 Å². The van der Waals surface area contributed by atoms with Crippen LogP contribution in [-0.2, 0) is 0 Å². The summed E-state index contributed by atoms with van der Waals surface area (Å²) in [6.45, 7) is 7.94. The van der Waals surface area contributed by atoms with Crippen molar-refractivity contribution in [1.29, 1.82) is 0 Å². The lowest BCUT2D eigenvalue weighted by Gasteiger charge is -2.21. The summed E-state index contributed by atoms with van der Waals surface area (Å²) in [6, 6.07) is 8.39. The Morgan fingerprint density at radius 3 is 2.50 bits per heavy atom. The molecule has 0 bridgehead atoms. The second kappa shape index (κ2) is 7.74. The fourth-order valence-electron chi connectivity index (χ4n) is 3.86. The number of rotatable bonds is 3. The minimum absolute atomic E-state index is 0.123. The number of fused-ring (bicyclic) bond motifs is 1. The summed E-state index contributed by atoms with van der Waals surface area (Å²) in [5.74, 6) is 0.123. The van der Waals surface area contributed by atoms with Gasteiger partial charge in [0.05, 0.1) is 23.0 Å². The van der Waals surface area contributed by atoms with E-state index in [9.17, 15) is 4.79 Å². The standard InChI is InChI=1S/C23H28N4O/c1-16(2)27-15-18(14-24-27)22-13-20(19-12-17(3)8-9-21(19)25-22)23(28)26-10-6-4-5-7-11-26/h8-9,12-16H,4-7,10-11H2,1-3H3. The monoisotopic (exact) mass is 376 g/mol. The Morgan fingerprint density at radius 1 is 1.07 bits per heavy atom. The van der Waals surface area contributed by atoms with E-state index in [1.54, 1.807) is 0 Å².